The molecule has 0 unspecified atom stereocenters. The summed E-state index contributed by atoms with van der Waals surface area (Å²) in [4.78, 5) is 27.5. The normalized spacial score (nSPS) is 10.5. The van der Waals surface area contributed by atoms with Crippen LogP contribution < -0.4 is 4.74 Å². The van der Waals surface area contributed by atoms with E-state index < -0.39 is 0 Å². The number of benzene rings is 1. The first-order valence-corrected chi connectivity index (χ1v) is 5.96. The second-order valence-electron chi connectivity index (χ2n) is 4.55. The summed E-state index contributed by atoms with van der Waals surface area (Å²) in [7, 11) is 3.42. The maximum Gasteiger partial charge on any atom is 0.308 e. The predicted octanol–water partition coefficient (Wildman–Crippen LogP) is 1.72. The number of H-pyrrole nitrogens is 1. The summed E-state index contributed by atoms with van der Waals surface area (Å²) in [6.07, 6.45) is 2.05. The number of aromatic nitrogens is 1. The summed E-state index contributed by atoms with van der Waals surface area (Å²) in [6, 6.07) is 5.40. The molecule has 0 saturated heterocycles. The monoisotopic (exact) mass is 260 g/mol. The van der Waals surface area contributed by atoms with Crippen molar-refractivity contribution in [3.8, 4) is 5.75 Å². The van der Waals surface area contributed by atoms with E-state index in [2.05, 4.69) is 4.98 Å². The molecule has 1 aromatic heterocycles. The molecule has 0 aliphatic carbocycles. The van der Waals surface area contributed by atoms with Crippen LogP contribution in [0, 0.1) is 0 Å². The van der Waals surface area contributed by atoms with E-state index in [0.717, 1.165) is 16.5 Å². The van der Waals surface area contributed by atoms with Gasteiger partial charge >= 0.3 is 5.97 Å². The summed E-state index contributed by atoms with van der Waals surface area (Å²) in [5, 5.41) is 0.785. The van der Waals surface area contributed by atoms with Crippen LogP contribution in [-0.4, -0.2) is 35.9 Å². The van der Waals surface area contributed by atoms with Crippen LogP contribution in [0.1, 0.15) is 12.5 Å². The van der Waals surface area contributed by atoms with Crippen molar-refractivity contribution in [2.75, 3.05) is 14.1 Å². The molecule has 19 heavy (non-hydrogen) atoms. The Kier molecular flexibility index (Phi) is 3.55. The van der Waals surface area contributed by atoms with Crippen LogP contribution in [0.2, 0.25) is 0 Å². The van der Waals surface area contributed by atoms with Crippen LogP contribution in [0.15, 0.2) is 24.4 Å². The van der Waals surface area contributed by atoms with Gasteiger partial charge in [-0.15, -0.1) is 0 Å². The van der Waals surface area contributed by atoms with Crippen LogP contribution >= 0.6 is 0 Å². The minimum atomic E-state index is -0.376. The molecule has 1 aromatic carbocycles. The Balaban J connectivity index is 2.44. The van der Waals surface area contributed by atoms with Gasteiger partial charge in [0.15, 0.2) is 0 Å². The van der Waals surface area contributed by atoms with Crippen molar-refractivity contribution in [2.45, 2.75) is 13.3 Å². The van der Waals surface area contributed by atoms with Gasteiger partial charge in [-0.25, -0.2) is 0 Å². The molecule has 1 N–H and O–H groups in total. The zero-order chi connectivity index (χ0) is 14.0. The van der Waals surface area contributed by atoms with E-state index in [1.54, 1.807) is 32.4 Å². The Hall–Kier alpha value is -2.30. The molecule has 0 atom stereocenters. The van der Waals surface area contributed by atoms with E-state index in [1.165, 1.54) is 11.8 Å². The molecule has 0 fully saturated rings. The number of fused-ring (bicyclic) bond motifs is 1. The Bertz CT molecular complexity index is 629. The van der Waals surface area contributed by atoms with E-state index in [4.69, 9.17) is 4.74 Å². The van der Waals surface area contributed by atoms with E-state index >= 15 is 0 Å². The Morgan fingerprint density at radius 1 is 1.32 bits per heavy atom. The fraction of sp³-hybridized carbons (Fsp3) is 0.286. The summed E-state index contributed by atoms with van der Waals surface area (Å²) < 4.78 is 5.18. The largest absolute Gasteiger partial charge is 0.426 e. The quantitative estimate of drug-likeness (QED) is 0.675. The second kappa shape index (κ2) is 5.14. The Morgan fingerprint density at radius 3 is 2.68 bits per heavy atom. The second-order valence-corrected chi connectivity index (χ2v) is 4.55. The fourth-order valence-electron chi connectivity index (χ4n) is 1.92. The number of amides is 1. The van der Waals surface area contributed by atoms with E-state index in [9.17, 15) is 9.59 Å². The standard InChI is InChI=1S/C14H16N2O3/c1-9(17)19-12-6-4-5-11-14(12)10(8-15-11)7-13(18)16(2)3/h4-6,8,15H,7H2,1-3H3. The van der Waals surface area contributed by atoms with E-state index in [1.807, 2.05) is 6.07 Å². The molecule has 1 amide bonds. The van der Waals surface area contributed by atoms with Crippen molar-refractivity contribution in [3.05, 3.63) is 30.0 Å². The van der Waals surface area contributed by atoms with Gasteiger partial charge in [-0.2, -0.15) is 0 Å². The molecule has 1 heterocycles. The number of carbonyl (C=O) groups excluding carboxylic acids is 2. The molecule has 0 aliphatic rings. The van der Waals surface area contributed by atoms with Crippen LogP contribution in [0.5, 0.6) is 5.75 Å². The SMILES string of the molecule is CC(=O)Oc1cccc2[nH]cc(CC(=O)N(C)C)c12. The molecule has 0 aliphatic heterocycles. The highest BCUT2D eigenvalue weighted by atomic mass is 16.5. The van der Waals surface area contributed by atoms with Crippen LogP contribution in [0.4, 0.5) is 0 Å². The van der Waals surface area contributed by atoms with Gasteiger partial charge in [-0.1, -0.05) is 6.07 Å². The van der Waals surface area contributed by atoms with Gasteiger partial charge in [-0.3, -0.25) is 9.59 Å². The molecule has 0 saturated carbocycles. The third kappa shape index (κ3) is 2.76. The highest BCUT2D eigenvalue weighted by molar-refractivity contribution is 5.94. The zero-order valence-electron chi connectivity index (χ0n) is 11.2. The van der Waals surface area contributed by atoms with Crippen LogP contribution in [0.25, 0.3) is 10.9 Å². The summed E-state index contributed by atoms with van der Waals surface area (Å²) in [6.45, 7) is 1.36. The van der Waals surface area contributed by atoms with Crippen molar-refractivity contribution in [1.82, 2.24) is 9.88 Å². The number of likely N-dealkylation sites (N-methyl/N-ethyl adjacent to an activating group) is 1. The molecule has 5 heteroatoms. The number of hydrogen-bond acceptors (Lipinski definition) is 3. The Morgan fingerprint density at radius 2 is 2.05 bits per heavy atom. The summed E-state index contributed by atoms with van der Waals surface area (Å²) >= 11 is 0. The van der Waals surface area contributed by atoms with Gasteiger partial charge in [0.1, 0.15) is 5.75 Å². The number of hydrogen-bond donors (Lipinski definition) is 1. The fourth-order valence-corrected chi connectivity index (χ4v) is 1.92. The molecule has 5 nitrogen and oxygen atoms in total. The first kappa shape index (κ1) is 13.1. The molecular formula is C14H16N2O3. The van der Waals surface area contributed by atoms with Crippen molar-refractivity contribution in [3.63, 3.8) is 0 Å². The lowest BCUT2D eigenvalue weighted by atomic mass is 10.1. The molecular weight excluding hydrogens is 244 g/mol. The molecule has 100 valence electrons. The van der Waals surface area contributed by atoms with Crippen molar-refractivity contribution in [2.24, 2.45) is 0 Å². The van der Waals surface area contributed by atoms with Crippen molar-refractivity contribution >= 4 is 22.8 Å². The van der Waals surface area contributed by atoms with Crippen LogP contribution in [0.3, 0.4) is 0 Å². The maximum atomic E-state index is 11.8. The number of nitrogens with zero attached hydrogens (tertiary/aromatic N) is 1. The summed E-state index contributed by atoms with van der Waals surface area (Å²) in [5.41, 5.74) is 1.67. The van der Waals surface area contributed by atoms with Gasteiger partial charge in [0.2, 0.25) is 5.91 Å². The highest BCUT2D eigenvalue weighted by Crippen LogP contribution is 2.29. The van der Waals surface area contributed by atoms with Crippen molar-refractivity contribution < 1.29 is 14.3 Å². The molecule has 0 bridgehead atoms. The number of aromatic amines is 1. The van der Waals surface area contributed by atoms with E-state index in [-0.39, 0.29) is 18.3 Å². The molecule has 2 rings (SSSR count). The highest BCUT2D eigenvalue weighted by Gasteiger charge is 2.14. The van der Waals surface area contributed by atoms with Gasteiger partial charge in [0.05, 0.1) is 6.42 Å². The summed E-state index contributed by atoms with van der Waals surface area (Å²) in [5.74, 6) is 0.102. The smallest absolute Gasteiger partial charge is 0.308 e. The molecule has 2 aromatic rings. The van der Waals surface area contributed by atoms with Gasteiger partial charge in [0, 0.05) is 38.1 Å². The van der Waals surface area contributed by atoms with Crippen LogP contribution in [-0.2, 0) is 16.0 Å². The predicted molar refractivity (Wildman–Crippen MR) is 72.0 cm³/mol. The number of ether oxygens (including phenoxy) is 1. The number of esters is 1. The number of nitrogens with one attached hydrogen (secondary N) is 1. The molecule has 0 spiro atoms. The van der Waals surface area contributed by atoms with E-state index in [0.29, 0.717) is 5.75 Å². The molecule has 0 radical (unpaired) electrons. The van der Waals surface area contributed by atoms with Crippen molar-refractivity contribution in [1.29, 1.82) is 0 Å². The number of rotatable bonds is 3. The third-order valence-electron chi connectivity index (χ3n) is 2.84. The first-order chi connectivity index (χ1) is 8.99. The lowest BCUT2D eigenvalue weighted by molar-refractivity contribution is -0.131. The zero-order valence-corrected chi connectivity index (χ0v) is 11.2. The maximum absolute atomic E-state index is 11.8. The lowest BCUT2D eigenvalue weighted by Crippen LogP contribution is -2.23. The third-order valence-corrected chi connectivity index (χ3v) is 2.84. The number of carbonyl (C=O) groups is 2. The lowest BCUT2D eigenvalue weighted by Gasteiger charge is -2.10. The van der Waals surface area contributed by atoms with Gasteiger partial charge in [-0.05, 0) is 17.7 Å². The average Bonchev–Trinajstić information content (AvgIpc) is 2.72. The minimum Gasteiger partial charge on any atom is -0.426 e. The Labute approximate surface area is 111 Å². The van der Waals surface area contributed by atoms with Gasteiger partial charge < -0.3 is 14.6 Å². The average molecular weight is 260 g/mol. The minimum absolute atomic E-state index is 0.00136. The van der Waals surface area contributed by atoms with Gasteiger partial charge in [0.25, 0.3) is 0 Å². The topological polar surface area (TPSA) is 62.4 Å². The first-order valence-electron chi connectivity index (χ1n) is 5.96.